The highest BCUT2D eigenvalue weighted by Gasteiger charge is 2.31. The van der Waals surface area contributed by atoms with Crippen molar-refractivity contribution >= 4 is 9.84 Å². The molecular weight excluding hydrogens is 248 g/mol. The summed E-state index contributed by atoms with van der Waals surface area (Å²) in [4.78, 5) is 4.47. The molecule has 0 aromatic carbocycles. The van der Waals surface area contributed by atoms with Crippen LogP contribution in [0.25, 0.3) is 0 Å². The van der Waals surface area contributed by atoms with Gasteiger partial charge in [-0.05, 0) is 37.3 Å². The Morgan fingerprint density at radius 3 is 3.00 bits per heavy atom. The van der Waals surface area contributed by atoms with Crippen molar-refractivity contribution < 1.29 is 8.42 Å². The van der Waals surface area contributed by atoms with E-state index in [1.165, 1.54) is 5.56 Å². The molecule has 4 nitrogen and oxygen atoms in total. The normalized spacial score (nSPS) is 30.0. The summed E-state index contributed by atoms with van der Waals surface area (Å²) in [5.74, 6) is 0.609. The Morgan fingerprint density at radius 1 is 1.33 bits per heavy atom. The lowest BCUT2D eigenvalue weighted by molar-refractivity contribution is 0.403. The Morgan fingerprint density at radius 2 is 2.22 bits per heavy atom. The summed E-state index contributed by atoms with van der Waals surface area (Å²) < 4.78 is 22.9. The number of aryl methyl sites for hydroxylation is 1. The van der Waals surface area contributed by atoms with Crippen molar-refractivity contribution in [3.05, 3.63) is 29.6 Å². The van der Waals surface area contributed by atoms with Crippen molar-refractivity contribution in [2.45, 2.75) is 37.8 Å². The summed E-state index contributed by atoms with van der Waals surface area (Å²) in [6.45, 7) is 0. The van der Waals surface area contributed by atoms with Gasteiger partial charge >= 0.3 is 0 Å². The van der Waals surface area contributed by atoms with Crippen LogP contribution in [-0.2, 0) is 16.3 Å². The smallest absolute Gasteiger partial charge is 0.151 e. The minimum atomic E-state index is -2.81. The Kier molecular flexibility index (Phi) is 3.11. The second-order valence-electron chi connectivity index (χ2n) is 5.26. The van der Waals surface area contributed by atoms with Crippen molar-refractivity contribution in [1.29, 1.82) is 0 Å². The Labute approximate surface area is 108 Å². The fourth-order valence-corrected chi connectivity index (χ4v) is 4.67. The molecule has 1 aromatic rings. The van der Waals surface area contributed by atoms with Crippen molar-refractivity contribution in [2.24, 2.45) is 0 Å². The molecule has 2 atom stereocenters. The van der Waals surface area contributed by atoms with E-state index in [1.807, 2.05) is 12.3 Å². The van der Waals surface area contributed by atoms with E-state index < -0.39 is 9.84 Å². The van der Waals surface area contributed by atoms with E-state index in [1.54, 1.807) is 0 Å². The summed E-state index contributed by atoms with van der Waals surface area (Å²) in [7, 11) is -2.81. The molecule has 2 unspecified atom stereocenters. The van der Waals surface area contributed by atoms with Gasteiger partial charge in [-0.1, -0.05) is 6.07 Å². The summed E-state index contributed by atoms with van der Waals surface area (Å²) in [5.41, 5.74) is 2.43. The molecule has 3 rings (SSSR count). The van der Waals surface area contributed by atoms with Crippen molar-refractivity contribution in [1.82, 2.24) is 10.3 Å². The van der Waals surface area contributed by atoms with Crippen LogP contribution in [-0.4, -0.2) is 30.9 Å². The lowest BCUT2D eigenvalue weighted by Gasteiger charge is -2.27. The van der Waals surface area contributed by atoms with Crippen molar-refractivity contribution in [2.75, 3.05) is 11.5 Å². The molecule has 1 aromatic heterocycles. The SMILES string of the molecule is O=S1(=O)CCC(NC2CCCc3cccnc32)C1. The average molecular weight is 266 g/mol. The lowest BCUT2D eigenvalue weighted by atomic mass is 9.91. The zero-order valence-electron chi connectivity index (χ0n) is 10.3. The molecule has 2 heterocycles. The maximum Gasteiger partial charge on any atom is 0.151 e. The highest BCUT2D eigenvalue weighted by molar-refractivity contribution is 7.91. The van der Waals surface area contributed by atoms with Gasteiger partial charge < -0.3 is 5.32 Å². The maximum atomic E-state index is 11.5. The van der Waals surface area contributed by atoms with Crippen LogP contribution in [0.1, 0.15) is 36.6 Å². The quantitative estimate of drug-likeness (QED) is 0.875. The molecule has 0 amide bonds. The Hall–Kier alpha value is -0.940. The number of hydrogen-bond acceptors (Lipinski definition) is 4. The molecule has 1 aliphatic carbocycles. The van der Waals surface area contributed by atoms with Crippen LogP contribution in [0.5, 0.6) is 0 Å². The topological polar surface area (TPSA) is 59.1 Å². The van der Waals surface area contributed by atoms with Gasteiger partial charge in [0.2, 0.25) is 0 Å². The van der Waals surface area contributed by atoms with Crippen LogP contribution in [0.3, 0.4) is 0 Å². The zero-order chi connectivity index (χ0) is 12.6. The van der Waals surface area contributed by atoms with E-state index in [4.69, 9.17) is 0 Å². The van der Waals surface area contributed by atoms with Gasteiger partial charge in [0.25, 0.3) is 0 Å². The van der Waals surface area contributed by atoms with Gasteiger partial charge in [-0.25, -0.2) is 8.42 Å². The van der Waals surface area contributed by atoms with Gasteiger partial charge in [-0.3, -0.25) is 4.98 Å². The van der Waals surface area contributed by atoms with Crippen LogP contribution in [0, 0.1) is 0 Å². The highest BCUT2D eigenvalue weighted by atomic mass is 32.2. The number of nitrogens with zero attached hydrogens (tertiary/aromatic N) is 1. The monoisotopic (exact) mass is 266 g/mol. The van der Waals surface area contributed by atoms with Crippen LogP contribution < -0.4 is 5.32 Å². The molecule has 1 fully saturated rings. The number of pyridine rings is 1. The summed E-state index contributed by atoms with van der Waals surface area (Å²) in [6, 6.07) is 4.43. The van der Waals surface area contributed by atoms with E-state index in [0.29, 0.717) is 5.75 Å². The number of sulfone groups is 1. The molecule has 98 valence electrons. The van der Waals surface area contributed by atoms with Gasteiger partial charge in [0, 0.05) is 12.2 Å². The number of rotatable bonds is 2. The minimum Gasteiger partial charge on any atom is -0.305 e. The van der Waals surface area contributed by atoms with Gasteiger partial charge in [-0.2, -0.15) is 0 Å². The van der Waals surface area contributed by atoms with Crippen molar-refractivity contribution in [3.8, 4) is 0 Å². The predicted molar refractivity (Wildman–Crippen MR) is 70.1 cm³/mol. The molecule has 1 saturated heterocycles. The number of fused-ring (bicyclic) bond motifs is 1. The molecule has 0 saturated carbocycles. The zero-order valence-corrected chi connectivity index (χ0v) is 11.1. The summed E-state index contributed by atoms with van der Waals surface area (Å²) in [5, 5.41) is 3.49. The van der Waals surface area contributed by atoms with Gasteiger partial charge in [-0.15, -0.1) is 0 Å². The molecule has 0 radical (unpaired) electrons. The minimum absolute atomic E-state index is 0.105. The second kappa shape index (κ2) is 4.63. The average Bonchev–Trinajstić information content (AvgIpc) is 2.69. The first-order valence-electron chi connectivity index (χ1n) is 6.54. The first-order valence-corrected chi connectivity index (χ1v) is 8.36. The third-order valence-corrected chi connectivity index (χ3v) is 5.63. The van der Waals surface area contributed by atoms with Crippen molar-refractivity contribution in [3.63, 3.8) is 0 Å². The van der Waals surface area contributed by atoms with Crippen LogP contribution in [0.15, 0.2) is 18.3 Å². The largest absolute Gasteiger partial charge is 0.305 e. The molecular formula is C13H18N2O2S. The molecule has 0 bridgehead atoms. The van der Waals surface area contributed by atoms with Gasteiger partial charge in [0.05, 0.1) is 23.2 Å². The van der Waals surface area contributed by atoms with E-state index in [9.17, 15) is 8.42 Å². The predicted octanol–water partition coefficient (Wildman–Crippen LogP) is 1.24. The van der Waals surface area contributed by atoms with Crippen LogP contribution in [0.2, 0.25) is 0 Å². The molecule has 5 heteroatoms. The standard InChI is InChI=1S/C13H18N2O2S/c16-18(17)8-6-11(9-18)15-12-5-1-3-10-4-2-7-14-13(10)12/h2,4,7,11-12,15H,1,3,5-6,8-9H2. The van der Waals surface area contributed by atoms with E-state index in [0.717, 1.165) is 31.4 Å². The van der Waals surface area contributed by atoms with E-state index >= 15 is 0 Å². The number of nitrogens with one attached hydrogen (secondary N) is 1. The molecule has 2 aliphatic rings. The highest BCUT2D eigenvalue weighted by Crippen LogP contribution is 2.29. The first kappa shape index (κ1) is 12.1. The number of aromatic nitrogens is 1. The first-order chi connectivity index (χ1) is 8.64. The van der Waals surface area contributed by atoms with Gasteiger partial charge in [0.1, 0.15) is 0 Å². The Balaban J connectivity index is 1.75. The molecule has 0 spiro atoms. The molecule has 18 heavy (non-hydrogen) atoms. The van der Waals surface area contributed by atoms with E-state index in [2.05, 4.69) is 16.4 Å². The third-order valence-electron chi connectivity index (χ3n) is 3.86. The van der Waals surface area contributed by atoms with Gasteiger partial charge in [0.15, 0.2) is 9.84 Å². The third kappa shape index (κ3) is 2.42. The van der Waals surface area contributed by atoms with Crippen LogP contribution in [0.4, 0.5) is 0 Å². The summed E-state index contributed by atoms with van der Waals surface area (Å²) in [6.07, 6.45) is 5.85. The lowest BCUT2D eigenvalue weighted by Crippen LogP contribution is -2.36. The van der Waals surface area contributed by atoms with E-state index in [-0.39, 0.29) is 17.8 Å². The molecule has 1 aliphatic heterocycles. The fourth-order valence-electron chi connectivity index (χ4n) is 2.98. The van der Waals surface area contributed by atoms with Crippen LogP contribution >= 0.6 is 0 Å². The number of hydrogen-bond donors (Lipinski definition) is 1. The second-order valence-corrected chi connectivity index (χ2v) is 7.49. The fraction of sp³-hybridized carbons (Fsp3) is 0.615. The molecule has 1 N–H and O–H groups in total. The maximum absolute atomic E-state index is 11.5. The summed E-state index contributed by atoms with van der Waals surface area (Å²) >= 11 is 0. The Bertz CT molecular complexity index is 542.